The standard InChI is InChI=1S/C10H16FN3O2S/c1-3-4-7-14(2)17(15,16)13-9-5-6-10(11)12-8-9/h5-6,8,13H,3-4,7H2,1-2H3. The van der Waals surface area contributed by atoms with Gasteiger partial charge in [0.15, 0.2) is 0 Å². The first kappa shape index (κ1) is 13.9. The minimum Gasteiger partial charge on any atom is -0.269 e. The van der Waals surface area contributed by atoms with Crippen molar-refractivity contribution in [2.75, 3.05) is 18.3 Å². The predicted octanol–water partition coefficient (Wildman–Crippen LogP) is 1.61. The summed E-state index contributed by atoms with van der Waals surface area (Å²) in [5.74, 6) is -0.646. The normalized spacial score (nSPS) is 11.8. The molecule has 1 rings (SSSR count). The van der Waals surface area contributed by atoms with Crippen LogP contribution >= 0.6 is 0 Å². The number of rotatable bonds is 6. The molecule has 96 valence electrons. The van der Waals surface area contributed by atoms with E-state index in [4.69, 9.17) is 0 Å². The van der Waals surface area contributed by atoms with Gasteiger partial charge in [-0.15, -0.1) is 0 Å². The van der Waals surface area contributed by atoms with Gasteiger partial charge in [-0.1, -0.05) is 13.3 Å². The molecule has 0 aliphatic carbocycles. The van der Waals surface area contributed by atoms with Crippen LogP contribution in [0.15, 0.2) is 18.3 Å². The van der Waals surface area contributed by atoms with Crippen molar-refractivity contribution >= 4 is 15.9 Å². The number of unbranched alkanes of at least 4 members (excludes halogenated alkanes) is 1. The third-order valence-corrected chi connectivity index (χ3v) is 3.71. The molecule has 0 radical (unpaired) electrons. The molecule has 0 atom stereocenters. The highest BCUT2D eigenvalue weighted by molar-refractivity contribution is 7.90. The van der Waals surface area contributed by atoms with E-state index < -0.39 is 16.2 Å². The average Bonchev–Trinajstić information content (AvgIpc) is 2.28. The van der Waals surface area contributed by atoms with Crippen molar-refractivity contribution in [3.05, 3.63) is 24.3 Å². The fourth-order valence-electron chi connectivity index (χ4n) is 1.16. The number of hydrogen-bond acceptors (Lipinski definition) is 3. The molecule has 17 heavy (non-hydrogen) atoms. The molecule has 5 nitrogen and oxygen atoms in total. The van der Waals surface area contributed by atoms with Gasteiger partial charge in [0, 0.05) is 13.6 Å². The van der Waals surface area contributed by atoms with Crippen molar-refractivity contribution < 1.29 is 12.8 Å². The van der Waals surface area contributed by atoms with Crippen LogP contribution < -0.4 is 4.72 Å². The highest BCUT2D eigenvalue weighted by Gasteiger charge is 2.16. The summed E-state index contributed by atoms with van der Waals surface area (Å²) in [6.45, 7) is 2.43. The quantitative estimate of drug-likeness (QED) is 0.791. The highest BCUT2D eigenvalue weighted by Crippen LogP contribution is 2.10. The molecule has 0 spiro atoms. The number of nitrogens with one attached hydrogen (secondary N) is 1. The van der Waals surface area contributed by atoms with Crippen LogP contribution in [-0.4, -0.2) is 31.3 Å². The van der Waals surface area contributed by atoms with Crippen LogP contribution in [0.3, 0.4) is 0 Å². The first-order valence-corrected chi connectivity index (χ1v) is 6.75. The van der Waals surface area contributed by atoms with E-state index in [1.807, 2.05) is 6.92 Å². The Labute approximate surface area is 101 Å². The van der Waals surface area contributed by atoms with Gasteiger partial charge < -0.3 is 0 Å². The van der Waals surface area contributed by atoms with Crippen molar-refractivity contribution in [1.29, 1.82) is 0 Å². The van der Waals surface area contributed by atoms with E-state index >= 15 is 0 Å². The van der Waals surface area contributed by atoms with E-state index in [9.17, 15) is 12.8 Å². The Balaban J connectivity index is 2.69. The fourth-order valence-corrected chi connectivity index (χ4v) is 2.11. The average molecular weight is 261 g/mol. The first-order valence-electron chi connectivity index (χ1n) is 5.31. The Hall–Kier alpha value is -1.21. The third-order valence-electron chi connectivity index (χ3n) is 2.21. The molecule has 0 bridgehead atoms. The Morgan fingerprint density at radius 2 is 2.18 bits per heavy atom. The van der Waals surface area contributed by atoms with E-state index in [-0.39, 0.29) is 5.69 Å². The van der Waals surface area contributed by atoms with E-state index in [2.05, 4.69) is 9.71 Å². The summed E-state index contributed by atoms with van der Waals surface area (Å²) < 4.78 is 39.7. The zero-order chi connectivity index (χ0) is 12.9. The summed E-state index contributed by atoms with van der Waals surface area (Å²) in [6, 6.07) is 2.43. The molecule has 0 amide bonds. The molecule has 0 fully saturated rings. The monoisotopic (exact) mass is 261 g/mol. The topological polar surface area (TPSA) is 62.3 Å². The van der Waals surface area contributed by atoms with Crippen LogP contribution in [0.5, 0.6) is 0 Å². The lowest BCUT2D eigenvalue weighted by atomic mass is 10.3. The second-order valence-corrected chi connectivity index (χ2v) is 5.43. The Morgan fingerprint density at radius 1 is 1.47 bits per heavy atom. The number of nitrogens with zero attached hydrogens (tertiary/aromatic N) is 2. The van der Waals surface area contributed by atoms with Crippen LogP contribution in [0.1, 0.15) is 19.8 Å². The van der Waals surface area contributed by atoms with Gasteiger partial charge in [-0.25, -0.2) is 4.98 Å². The Kier molecular flexibility index (Phi) is 4.83. The van der Waals surface area contributed by atoms with Crippen LogP contribution in [0.25, 0.3) is 0 Å². The van der Waals surface area contributed by atoms with E-state index in [0.717, 1.165) is 25.1 Å². The van der Waals surface area contributed by atoms with Crippen LogP contribution in [0.4, 0.5) is 10.1 Å². The predicted molar refractivity (Wildman–Crippen MR) is 64.3 cm³/mol. The second-order valence-electron chi connectivity index (χ2n) is 3.65. The van der Waals surface area contributed by atoms with Gasteiger partial charge in [-0.2, -0.15) is 17.1 Å². The summed E-state index contributed by atoms with van der Waals surface area (Å²) in [6.07, 6.45) is 2.84. The number of halogens is 1. The minimum atomic E-state index is -3.58. The van der Waals surface area contributed by atoms with Crippen LogP contribution in [0, 0.1) is 5.95 Å². The molecular weight excluding hydrogens is 245 g/mol. The van der Waals surface area contributed by atoms with Crippen LogP contribution in [-0.2, 0) is 10.2 Å². The van der Waals surface area contributed by atoms with Gasteiger partial charge in [0.05, 0.1) is 11.9 Å². The summed E-state index contributed by atoms with van der Waals surface area (Å²) in [7, 11) is -2.08. The van der Waals surface area contributed by atoms with Crippen molar-refractivity contribution in [2.45, 2.75) is 19.8 Å². The molecule has 0 unspecified atom stereocenters. The molecule has 1 N–H and O–H groups in total. The van der Waals surface area contributed by atoms with E-state index in [0.29, 0.717) is 6.54 Å². The largest absolute Gasteiger partial charge is 0.301 e. The summed E-state index contributed by atoms with van der Waals surface area (Å²) in [5.41, 5.74) is 0.245. The van der Waals surface area contributed by atoms with Crippen molar-refractivity contribution in [2.24, 2.45) is 0 Å². The zero-order valence-corrected chi connectivity index (χ0v) is 10.7. The summed E-state index contributed by atoms with van der Waals surface area (Å²) in [5, 5.41) is 0. The molecular formula is C10H16FN3O2S. The van der Waals surface area contributed by atoms with Gasteiger partial charge in [0.2, 0.25) is 5.95 Å². The molecule has 1 heterocycles. The lowest BCUT2D eigenvalue weighted by molar-refractivity contribution is 0.463. The number of pyridine rings is 1. The van der Waals surface area contributed by atoms with Gasteiger partial charge in [0.1, 0.15) is 0 Å². The lowest BCUT2D eigenvalue weighted by Gasteiger charge is -2.17. The Morgan fingerprint density at radius 3 is 2.71 bits per heavy atom. The number of hydrogen-bond donors (Lipinski definition) is 1. The van der Waals surface area contributed by atoms with E-state index in [1.165, 1.54) is 17.4 Å². The van der Waals surface area contributed by atoms with Crippen LogP contribution in [0.2, 0.25) is 0 Å². The number of aromatic nitrogens is 1. The molecule has 0 saturated heterocycles. The molecule has 0 aliphatic heterocycles. The van der Waals surface area contributed by atoms with Gasteiger partial charge >= 0.3 is 10.2 Å². The maximum absolute atomic E-state index is 12.5. The van der Waals surface area contributed by atoms with Gasteiger partial charge in [-0.3, -0.25) is 4.72 Å². The molecule has 0 aromatic carbocycles. The number of anilines is 1. The zero-order valence-electron chi connectivity index (χ0n) is 9.85. The molecule has 0 saturated carbocycles. The third kappa shape index (κ3) is 4.27. The SMILES string of the molecule is CCCCN(C)S(=O)(=O)Nc1ccc(F)nc1. The highest BCUT2D eigenvalue weighted by atomic mass is 32.2. The fraction of sp³-hybridized carbons (Fsp3) is 0.500. The maximum atomic E-state index is 12.5. The molecule has 1 aromatic heterocycles. The Bertz CT molecular complexity index is 447. The molecule has 7 heteroatoms. The maximum Gasteiger partial charge on any atom is 0.301 e. The minimum absolute atomic E-state index is 0.245. The van der Waals surface area contributed by atoms with Crippen molar-refractivity contribution in [1.82, 2.24) is 9.29 Å². The lowest BCUT2D eigenvalue weighted by Crippen LogP contribution is -2.33. The summed E-state index contributed by atoms with van der Waals surface area (Å²) in [4.78, 5) is 3.37. The smallest absolute Gasteiger partial charge is 0.269 e. The summed E-state index contributed by atoms with van der Waals surface area (Å²) >= 11 is 0. The molecule has 0 aliphatic rings. The first-order chi connectivity index (χ1) is 7.95. The van der Waals surface area contributed by atoms with Crippen molar-refractivity contribution in [3.63, 3.8) is 0 Å². The molecule has 1 aromatic rings. The van der Waals surface area contributed by atoms with E-state index in [1.54, 1.807) is 0 Å². The van der Waals surface area contributed by atoms with Gasteiger partial charge in [-0.05, 0) is 18.6 Å². The van der Waals surface area contributed by atoms with Crippen molar-refractivity contribution in [3.8, 4) is 0 Å². The second kappa shape index (κ2) is 5.92. The van der Waals surface area contributed by atoms with Gasteiger partial charge in [0.25, 0.3) is 0 Å².